The lowest BCUT2D eigenvalue weighted by atomic mass is 10.0. The number of rotatable bonds is 4. The smallest absolute Gasteiger partial charge is 0.259 e. The van der Waals surface area contributed by atoms with E-state index in [1.165, 1.54) is 24.4 Å². The van der Waals surface area contributed by atoms with E-state index in [9.17, 15) is 9.18 Å². The van der Waals surface area contributed by atoms with Crippen LogP contribution in [0.3, 0.4) is 0 Å². The first-order valence-electron chi connectivity index (χ1n) is 13.9. The molecular formula is C33H27FN8O3. The number of hydrogen-bond donors (Lipinski definition) is 2. The Morgan fingerprint density at radius 2 is 1.29 bits per heavy atom. The quantitative estimate of drug-likeness (QED) is 0.220. The molecule has 0 fully saturated rings. The summed E-state index contributed by atoms with van der Waals surface area (Å²) in [4.78, 5) is 29.1. The van der Waals surface area contributed by atoms with E-state index in [1.807, 2.05) is 45.9 Å². The van der Waals surface area contributed by atoms with Gasteiger partial charge in [-0.15, -0.1) is 0 Å². The minimum absolute atomic E-state index is 0.0506. The molecule has 0 saturated carbocycles. The van der Waals surface area contributed by atoms with Crippen LogP contribution in [0.4, 0.5) is 16.0 Å². The van der Waals surface area contributed by atoms with Crippen molar-refractivity contribution < 1.29 is 18.2 Å². The van der Waals surface area contributed by atoms with Gasteiger partial charge in [-0.3, -0.25) is 14.8 Å². The van der Waals surface area contributed by atoms with Crippen LogP contribution < -0.4 is 11.1 Å². The minimum atomic E-state index is -0.592. The molecule has 0 aliphatic rings. The molecule has 0 bridgehead atoms. The van der Waals surface area contributed by atoms with Gasteiger partial charge in [0.2, 0.25) is 0 Å². The molecule has 7 aromatic rings. The summed E-state index contributed by atoms with van der Waals surface area (Å²) < 4.78 is 24.3. The van der Waals surface area contributed by atoms with Crippen molar-refractivity contribution >= 4 is 39.5 Å². The molecule has 1 amide bonds. The number of carbonyl (C=O) groups excluding carboxylic acids is 1. The molecule has 224 valence electrons. The minimum Gasteiger partial charge on any atom is -0.382 e. The first-order valence-corrected chi connectivity index (χ1v) is 13.9. The molecule has 0 aliphatic carbocycles. The highest BCUT2D eigenvalue weighted by atomic mass is 19.1. The van der Waals surface area contributed by atoms with Gasteiger partial charge in [0.15, 0.2) is 17.0 Å². The van der Waals surface area contributed by atoms with Crippen LogP contribution in [0.15, 0.2) is 82.4 Å². The van der Waals surface area contributed by atoms with E-state index in [2.05, 4.69) is 41.6 Å². The van der Waals surface area contributed by atoms with Crippen molar-refractivity contribution in [1.29, 1.82) is 0 Å². The van der Waals surface area contributed by atoms with Gasteiger partial charge >= 0.3 is 0 Å². The van der Waals surface area contributed by atoms with E-state index in [0.717, 1.165) is 55.7 Å². The van der Waals surface area contributed by atoms with Gasteiger partial charge in [-0.25, -0.2) is 14.4 Å². The van der Waals surface area contributed by atoms with Crippen molar-refractivity contribution in [3.05, 3.63) is 107 Å². The van der Waals surface area contributed by atoms with Crippen molar-refractivity contribution in [2.45, 2.75) is 27.7 Å². The molecule has 0 aliphatic heterocycles. The normalized spacial score (nSPS) is 11.0. The molecule has 0 saturated heterocycles. The van der Waals surface area contributed by atoms with Crippen LogP contribution >= 0.6 is 0 Å². The zero-order valence-corrected chi connectivity index (χ0v) is 24.8. The van der Waals surface area contributed by atoms with E-state index in [4.69, 9.17) is 14.8 Å². The molecule has 3 aromatic carbocycles. The van der Waals surface area contributed by atoms with Gasteiger partial charge in [0.1, 0.15) is 11.6 Å². The highest BCUT2D eigenvalue weighted by Crippen LogP contribution is 2.30. The number of anilines is 2. The summed E-state index contributed by atoms with van der Waals surface area (Å²) in [5.41, 5.74) is 14.0. The Balaban J connectivity index is 0.000000172. The summed E-state index contributed by atoms with van der Waals surface area (Å²) in [6.45, 7) is 7.81. The number of carbonyl (C=O) groups is 1. The number of benzene rings is 3. The fourth-order valence-electron chi connectivity index (χ4n) is 4.82. The first-order chi connectivity index (χ1) is 21.7. The molecule has 0 atom stereocenters. The summed E-state index contributed by atoms with van der Waals surface area (Å²) in [7, 11) is 0. The second-order valence-corrected chi connectivity index (χ2v) is 10.4. The number of nitrogens with zero attached hydrogens (tertiary/aromatic N) is 6. The summed E-state index contributed by atoms with van der Waals surface area (Å²) in [6, 6.07) is 13.6. The SMILES string of the molecule is Cc1cc2c(C)noc2cc1-c1cnc(N)cn1.Cc1cc2c(C)noc2cc1-c1cnc(NC(=O)c2ccccc2F)cn1. The number of nitrogen functional groups attached to an aromatic ring is 1. The Morgan fingerprint density at radius 3 is 1.80 bits per heavy atom. The topological polar surface area (TPSA) is 159 Å². The second-order valence-electron chi connectivity index (χ2n) is 10.4. The lowest BCUT2D eigenvalue weighted by molar-refractivity contribution is 0.102. The third kappa shape index (κ3) is 5.93. The van der Waals surface area contributed by atoms with Crippen molar-refractivity contribution in [3.8, 4) is 22.5 Å². The van der Waals surface area contributed by atoms with Gasteiger partial charge in [-0.05, 0) is 75.2 Å². The first kappa shape index (κ1) is 29.1. The molecule has 11 nitrogen and oxygen atoms in total. The molecule has 7 rings (SSSR count). The summed E-state index contributed by atoms with van der Waals surface area (Å²) in [5.74, 6) is -0.523. The molecule has 4 aromatic heterocycles. The van der Waals surface area contributed by atoms with Crippen molar-refractivity contribution in [1.82, 2.24) is 30.2 Å². The predicted octanol–water partition coefficient (Wildman–Crippen LogP) is 6.78. The Morgan fingerprint density at radius 1 is 0.733 bits per heavy atom. The Bertz CT molecular complexity index is 2170. The molecule has 45 heavy (non-hydrogen) atoms. The summed E-state index contributed by atoms with van der Waals surface area (Å²) >= 11 is 0. The molecular weight excluding hydrogens is 575 g/mol. The molecule has 3 N–H and O–H groups in total. The van der Waals surface area contributed by atoms with Crippen LogP contribution in [0, 0.1) is 33.5 Å². The molecule has 12 heteroatoms. The van der Waals surface area contributed by atoms with E-state index in [1.54, 1.807) is 24.7 Å². The Labute approximate surface area is 256 Å². The van der Waals surface area contributed by atoms with Crippen LogP contribution in [0.1, 0.15) is 32.9 Å². The molecule has 0 radical (unpaired) electrons. The zero-order valence-electron chi connectivity index (χ0n) is 24.8. The average Bonchev–Trinajstić information content (AvgIpc) is 3.58. The molecule has 0 spiro atoms. The number of nitrogens with two attached hydrogens (primary N) is 1. The third-order valence-corrected chi connectivity index (χ3v) is 7.23. The van der Waals surface area contributed by atoms with Gasteiger partial charge in [0, 0.05) is 21.9 Å². The van der Waals surface area contributed by atoms with E-state index in [-0.39, 0.29) is 11.4 Å². The maximum absolute atomic E-state index is 13.7. The van der Waals surface area contributed by atoms with Gasteiger partial charge in [-0.1, -0.05) is 22.4 Å². The van der Waals surface area contributed by atoms with E-state index < -0.39 is 11.7 Å². The van der Waals surface area contributed by atoms with Gasteiger partial charge in [-0.2, -0.15) is 0 Å². The highest BCUT2D eigenvalue weighted by molar-refractivity contribution is 6.03. The largest absolute Gasteiger partial charge is 0.382 e. The maximum Gasteiger partial charge on any atom is 0.259 e. The third-order valence-electron chi connectivity index (χ3n) is 7.23. The van der Waals surface area contributed by atoms with Crippen LogP contribution in [0.25, 0.3) is 44.5 Å². The summed E-state index contributed by atoms with van der Waals surface area (Å²) in [5, 5.41) is 12.4. The van der Waals surface area contributed by atoms with Crippen LogP contribution in [0.5, 0.6) is 0 Å². The number of aromatic nitrogens is 6. The van der Waals surface area contributed by atoms with Crippen LogP contribution in [-0.2, 0) is 0 Å². The van der Waals surface area contributed by atoms with E-state index in [0.29, 0.717) is 17.1 Å². The fourth-order valence-corrected chi connectivity index (χ4v) is 4.82. The van der Waals surface area contributed by atoms with Crippen LogP contribution in [0.2, 0.25) is 0 Å². The van der Waals surface area contributed by atoms with Gasteiger partial charge in [0.05, 0.1) is 53.1 Å². The second kappa shape index (κ2) is 11.9. The number of aryl methyl sites for hydroxylation is 4. The zero-order chi connectivity index (χ0) is 31.7. The summed E-state index contributed by atoms with van der Waals surface area (Å²) in [6.07, 6.45) is 6.19. The lowest BCUT2D eigenvalue weighted by Crippen LogP contribution is -2.14. The van der Waals surface area contributed by atoms with Crippen molar-refractivity contribution in [2.75, 3.05) is 11.1 Å². The number of nitrogens with one attached hydrogen (secondary N) is 1. The van der Waals surface area contributed by atoms with Gasteiger partial charge in [0.25, 0.3) is 5.91 Å². The molecule has 4 heterocycles. The number of halogens is 1. The lowest BCUT2D eigenvalue weighted by Gasteiger charge is -2.08. The van der Waals surface area contributed by atoms with Crippen molar-refractivity contribution in [2.24, 2.45) is 0 Å². The van der Waals surface area contributed by atoms with Gasteiger partial charge < -0.3 is 20.1 Å². The van der Waals surface area contributed by atoms with Crippen LogP contribution in [-0.4, -0.2) is 36.2 Å². The Kier molecular flexibility index (Phi) is 7.69. The highest BCUT2D eigenvalue weighted by Gasteiger charge is 2.14. The average molecular weight is 603 g/mol. The number of fused-ring (bicyclic) bond motifs is 2. The standard InChI is InChI=1S/C20H15FN4O2.C13H12N4O/c1-11-7-15-12(2)25-27-18(15)8-14(11)17-9-23-19(10-22-17)24-20(26)13-5-3-4-6-16(13)21;1-7-3-10-8(2)17-18-12(10)4-9(7)11-5-16-13(14)6-15-11/h3-10H,1-2H3,(H,23,24,26);3-6H,1-2H3,(H2,14,16). The number of amides is 1. The Hall–Kier alpha value is -6.04. The van der Waals surface area contributed by atoms with Crippen molar-refractivity contribution in [3.63, 3.8) is 0 Å². The monoisotopic (exact) mass is 602 g/mol. The molecule has 0 unspecified atom stereocenters. The maximum atomic E-state index is 13.7. The number of hydrogen-bond acceptors (Lipinski definition) is 10. The fraction of sp³-hybridized carbons (Fsp3) is 0.121. The van der Waals surface area contributed by atoms with E-state index >= 15 is 0 Å². The predicted molar refractivity (Wildman–Crippen MR) is 168 cm³/mol.